The highest BCUT2D eigenvalue weighted by Crippen LogP contribution is 2.38. The molecule has 0 radical (unpaired) electrons. The number of amides is 2. The van der Waals surface area contributed by atoms with Crippen molar-refractivity contribution < 1.29 is 23.7 Å². The van der Waals surface area contributed by atoms with Crippen LogP contribution in [0.2, 0.25) is 0 Å². The van der Waals surface area contributed by atoms with E-state index in [1.54, 1.807) is 26.2 Å². The number of carbonyl (C=O) groups is 1. The van der Waals surface area contributed by atoms with Gasteiger partial charge in [-0.15, -0.1) is 0 Å². The average molecular weight is 473 g/mol. The first-order valence-electron chi connectivity index (χ1n) is 11.1. The standard InChI is InChI=1S/C25H32N2O5S/c1-29-21-15-19(16-22(30-2)23(21)31-3)11-8-14-32-24(33)20-12-7-13-27(20)25(28)26-17-18-9-5-4-6-10-18/h4-6,9-10,15-16,20H,7-8,11-14,17H2,1-3H3,(H,26,28)/t20-/m0/s1. The van der Waals surface area contributed by atoms with Crippen molar-refractivity contribution in [2.45, 2.75) is 38.3 Å². The molecule has 2 aromatic rings. The van der Waals surface area contributed by atoms with E-state index < -0.39 is 0 Å². The Bertz CT molecular complexity index is 913. The summed E-state index contributed by atoms with van der Waals surface area (Å²) in [6, 6.07) is 13.5. The minimum Gasteiger partial charge on any atom is -0.493 e. The molecule has 1 N–H and O–H groups in total. The van der Waals surface area contributed by atoms with E-state index in [-0.39, 0.29) is 12.1 Å². The number of methoxy groups -OCH3 is 3. The molecule has 0 spiro atoms. The zero-order valence-corrected chi connectivity index (χ0v) is 20.3. The fourth-order valence-corrected chi connectivity index (χ4v) is 4.28. The molecule has 1 saturated heterocycles. The van der Waals surface area contributed by atoms with Gasteiger partial charge in [0.05, 0.1) is 27.9 Å². The maximum absolute atomic E-state index is 12.7. The number of rotatable bonds is 10. The molecule has 1 fully saturated rings. The van der Waals surface area contributed by atoms with Gasteiger partial charge in [-0.1, -0.05) is 30.3 Å². The molecule has 1 atom stereocenters. The summed E-state index contributed by atoms with van der Waals surface area (Å²) in [7, 11) is 4.79. The highest BCUT2D eigenvalue weighted by atomic mass is 32.1. The van der Waals surface area contributed by atoms with Crippen LogP contribution in [-0.4, -0.2) is 56.5 Å². The number of likely N-dealkylation sites (tertiary alicyclic amines) is 1. The van der Waals surface area contributed by atoms with Crippen LogP contribution in [0, 0.1) is 0 Å². The predicted octanol–water partition coefficient (Wildman–Crippen LogP) is 4.36. The second kappa shape index (κ2) is 12.3. The van der Waals surface area contributed by atoms with Crippen molar-refractivity contribution >= 4 is 23.3 Å². The molecular weight excluding hydrogens is 440 g/mol. The molecule has 1 aliphatic rings. The Kier molecular flexibility index (Phi) is 9.18. The van der Waals surface area contributed by atoms with E-state index >= 15 is 0 Å². The third-order valence-electron chi connectivity index (χ3n) is 5.65. The van der Waals surface area contributed by atoms with Crippen LogP contribution < -0.4 is 19.5 Å². The molecule has 3 rings (SSSR count). The van der Waals surface area contributed by atoms with Crippen molar-refractivity contribution in [3.63, 3.8) is 0 Å². The molecule has 0 aromatic heterocycles. The number of ether oxygens (including phenoxy) is 4. The van der Waals surface area contributed by atoms with Crippen LogP contribution in [0.5, 0.6) is 17.2 Å². The lowest BCUT2D eigenvalue weighted by atomic mass is 10.1. The Hall–Kier alpha value is -3.00. The van der Waals surface area contributed by atoms with E-state index in [4.69, 9.17) is 31.2 Å². The van der Waals surface area contributed by atoms with Crippen molar-refractivity contribution in [2.24, 2.45) is 0 Å². The zero-order valence-electron chi connectivity index (χ0n) is 19.5. The molecule has 178 valence electrons. The molecule has 8 heteroatoms. The van der Waals surface area contributed by atoms with Gasteiger partial charge >= 0.3 is 6.03 Å². The minimum absolute atomic E-state index is 0.107. The maximum atomic E-state index is 12.7. The van der Waals surface area contributed by atoms with Crippen molar-refractivity contribution in [1.82, 2.24) is 10.2 Å². The van der Waals surface area contributed by atoms with Crippen molar-refractivity contribution in [3.8, 4) is 17.2 Å². The van der Waals surface area contributed by atoms with Crippen molar-refractivity contribution in [1.29, 1.82) is 0 Å². The fourth-order valence-electron chi connectivity index (χ4n) is 3.95. The van der Waals surface area contributed by atoms with Crippen LogP contribution in [-0.2, 0) is 17.7 Å². The van der Waals surface area contributed by atoms with E-state index in [2.05, 4.69) is 5.32 Å². The summed E-state index contributed by atoms with van der Waals surface area (Å²) in [5.41, 5.74) is 2.12. The summed E-state index contributed by atoms with van der Waals surface area (Å²) in [6.45, 7) is 1.65. The first-order valence-corrected chi connectivity index (χ1v) is 11.5. The van der Waals surface area contributed by atoms with E-state index in [0.29, 0.717) is 42.0 Å². The quantitative estimate of drug-likeness (QED) is 0.409. The summed E-state index contributed by atoms with van der Waals surface area (Å²) < 4.78 is 22.1. The highest BCUT2D eigenvalue weighted by molar-refractivity contribution is 7.80. The minimum atomic E-state index is -0.169. The number of benzene rings is 2. The van der Waals surface area contributed by atoms with Crippen LogP contribution in [0.3, 0.4) is 0 Å². The van der Waals surface area contributed by atoms with Crippen LogP contribution in [0.1, 0.15) is 30.4 Å². The lowest BCUT2D eigenvalue weighted by Gasteiger charge is -2.25. The maximum Gasteiger partial charge on any atom is 0.318 e. The molecule has 2 amide bonds. The first kappa shape index (κ1) is 24.6. The number of hydrogen-bond donors (Lipinski definition) is 1. The van der Waals surface area contributed by atoms with Gasteiger partial charge in [-0.25, -0.2) is 4.79 Å². The Morgan fingerprint density at radius 1 is 1.06 bits per heavy atom. The fraction of sp³-hybridized carbons (Fsp3) is 0.440. The third kappa shape index (κ3) is 6.51. The van der Waals surface area contributed by atoms with E-state index in [0.717, 1.165) is 36.8 Å². The second-order valence-corrected chi connectivity index (χ2v) is 8.20. The topological polar surface area (TPSA) is 69.3 Å². The van der Waals surface area contributed by atoms with Gasteiger partial charge in [-0.05, 0) is 61.2 Å². The molecule has 0 unspecified atom stereocenters. The molecule has 0 saturated carbocycles. The molecule has 0 aliphatic carbocycles. The molecular formula is C25H32N2O5S. The zero-order chi connectivity index (χ0) is 23.6. The largest absolute Gasteiger partial charge is 0.493 e. The van der Waals surface area contributed by atoms with E-state index in [1.165, 1.54) is 0 Å². The molecule has 7 nitrogen and oxygen atoms in total. The smallest absolute Gasteiger partial charge is 0.318 e. The van der Waals surface area contributed by atoms with Crippen LogP contribution in [0.4, 0.5) is 4.79 Å². The number of nitrogens with one attached hydrogen (secondary N) is 1. The van der Waals surface area contributed by atoms with Crippen LogP contribution in [0.25, 0.3) is 0 Å². The average Bonchev–Trinajstić information content (AvgIpc) is 3.35. The number of aryl methyl sites for hydroxylation is 1. The van der Waals surface area contributed by atoms with Gasteiger partial charge in [0.25, 0.3) is 0 Å². The summed E-state index contributed by atoms with van der Waals surface area (Å²) in [6.07, 6.45) is 3.28. The monoisotopic (exact) mass is 472 g/mol. The molecule has 1 aliphatic heterocycles. The van der Waals surface area contributed by atoms with Gasteiger partial charge in [-0.3, -0.25) is 0 Å². The molecule has 1 heterocycles. The number of urea groups is 1. The van der Waals surface area contributed by atoms with Crippen molar-refractivity contribution in [2.75, 3.05) is 34.5 Å². The molecule has 0 bridgehead atoms. The first-order chi connectivity index (χ1) is 16.1. The summed E-state index contributed by atoms with van der Waals surface area (Å²) >= 11 is 5.53. The number of thiocarbonyl (C=S) groups is 1. The van der Waals surface area contributed by atoms with E-state index in [9.17, 15) is 4.79 Å². The van der Waals surface area contributed by atoms with Gasteiger partial charge < -0.3 is 29.2 Å². The Labute approximate surface area is 201 Å². The molecule has 2 aromatic carbocycles. The Morgan fingerprint density at radius 3 is 2.39 bits per heavy atom. The Balaban J connectivity index is 1.47. The highest BCUT2D eigenvalue weighted by Gasteiger charge is 2.32. The van der Waals surface area contributed by atoms with Gasteiger partial charge in [-0.2, -0.15) is 0 Å². The SMILES string of the molecule is COc1cc(CCCOC(=S)[C@@H]2CCCN2C(=O)NCc2ccccc2)cc(OC)c1OC. The van der Waals surface area contributed by atoms with Crippen molar-refractivity contribution in [3.05, 3.63) is 53.6 Å². The third-order valence-corrected chi connectivity index (χ3v) is 6.04. The number of hydrogen-bond acceptors (Lipinski definition) is 6. The molecule has 33 heavy (non-hydrogen) atoms. The summed E-state index contributed by atoms with van der Waals surface area (Å²) in [5.74, 6) is 1.84. The van der Waals surface area contributed by atoms with E-state index in [1.807, 2.05) is 42.5 Å². The number of nitrogens with zero attached hydrogens (tertiary/aromatic N) is 1. The van der Waals surface area contributed by atoms with Gasteiger partial charge in [0, 0.05) is 13.1 Å². The predicted molar refractivity (Wildman–Crippen MR) is 131 cm³/mol. The normalized spacial score (nSPS) is 15.1. The number of carbonyl (C=O) groups excluding carboxylic acids is 1. The second-order valence-electron chi connectivity index (χ2n) is 7.80. The van der Waals surface area contributed by atoms with Gasteiger partial charge in [0.1, 0.15) is 6.04 Å². The lowest BCUT2D eigenvalue weighted by Crippen LogP contribution is -2.45. The summed E-state index contributed by atoms with van der Waals surface area (Å²) in [5, 5.41) is 3.46. The summed E-state index contributed by atoms with van der Waals surface area (Å²) in [4.78, 5) is 14.5. The van der Waals surface area contributed by atoms with Crippen LogP contribution >= 0.6 is 12.2 Å². The van der Waals surface area contributed by atoms with Gasteiger partial charge in [0.15, 0.2) is 16.5 Å². The van der Waals surface area contributed by atoms with Gasteiger partial charge in [0.2, 0.25) is 5.75 Å². The Morgan fingerprint density at radius 2 is 1.76 bits per heavy atom. The van der Waals surface area contributed by atoms with Crippen LogP contribution in [0.15, 0.2) is 42.5 Å². The lowest BCUT2D eigenvalue weighted by molar-refractivity contribution is 0.194.